The Bertz CT molecular complexity index is 436. The molecule has 1 rings (SSSR count). The molecule has 0 N–H and O–H groups in total. The van der Waals surface area contributed by atoms with Crippen molar-refractivity contribution in [1.82, 2.24) is 0 Å². The van der Waals surface area contributed by atoms with Crippen molar-refractivity contribution in [3.05, 3.63) is 34.9 Å². The molecule has 0 atom stereocenters. The summed E-state index contributed by atoms with van der Waals surface area (Å²) in [5.74, 6) is 0. The Hall–Kier alpha value is 0.220. The molecule has 0 spiro atoms. The molecule has 0 saturated heterocycles. The highest BCUT2D eigenvalue weighted by Gasteiger charge is 2.31. The first-order chi connectivity index (χ1) is 9.83. The van der Waals surface area contributed by atoms with Crippen LogP contribution in [0.3, 0.4) is 0 Å². The Kier molecular flexibility index (Phi) is 8.03. The molecule has 0 aliphatic heterocycles. The van der Waals surface area contributed by atoms with E-state index in [1.807, 2.05) is 18.2 Å². The summed E-state index contributed by atoms with van der Waals surface area (Å²) < 4.78 is 40.7. The van der Waals surface area contributed by atoms with E-state index in [4.69, 9.17) is 11.6 Å². The lowest BCUT2D eigenvalue weighted by Gasteiger charge is -2.31. The highest BCUT2D eigenvalue weighted by molar-refractivity contribution is 9.09. The minimum Gasteiger partial charge on any atom is -0.372 e. The van der Waals surface area contributed by atoms with Crippen LogP contribution < -0.4 is 0 Å². The van der Waals surface area contributed by atoms with Crippen LogP contribution in [0.1, 0.15) is 18.4 Å². The minimum absolute atomic E-state index is 0.0851. The summed E-state index contributed by atoms with van der Waals surface area (Å²) in [4.78, 5) is 0. The maximum absolute atomic E-state index is 12.0. The van der Waals surface area contributed by atoms with Gasteiger partial charge >= 0.3 is 6.18 Å². The van der Waals surface area contributed by atoms with Crippen molar-refractivity contribution in [2.24, 2.45) is 0 Å². The molecule has 0 aliphatic carbocycles. The molecular weight excluding hydrogens is 436 g/mol. The predicted octanol–water partition coefficient (Wildman–Crippen LogP) is 5.73. The first kappa shape index (κ1) is 19.3. The Balaban J connectivity index is 2.61. The summed E-state index contributed by atoms with van der Waals surface area (Å²) in [6, 6.07) is 7.54. The minimum atomic E-state index is -4.27. The molecule has 0 heterocycles. The second-order valence-electron chi connectivity index (χ2n) is 4.83. The second-order valence-corrected chi connectivity index (χ2v) is 6.39. The van der Waals surface area contributed by atoms with E-state index in [0.29, 0.717) is 28.5 Å². The zero-order valence-corrected chi connectivity index (χ0v) is 15.2. The highest BCUT2D eigenvalue weighted by Crippen LogP contribution is 2.35. The summed E-state index contributed by atoms with van der Waals surface area (Å²) in [6.45, 7) is -1.11. The largest absolute Gasteiger partial charge is 0.411 e. The van der Waals surface area contributed by atoms with Crippen LogP contribution in [0, 0.1) is 0 Å². The Morgan fingerprint density at radius 1 is 1.14 bits per heavy atom. The van der Waals surface area contributed by atoms with Crippen molar-refractivity contribution in [1.29, 1.82) is 0 Å². The number of rotatable bonds is 8. The third-order valence-corrected chi connectivity index (χ3v) is 5.54. The van der Waals surface area contributed by atoms with Gasteiger partial charge in [0.1, 0.15) is 6.61 Å². The van der Waals surface area contributed by atoms with Crippen molar-refractivity contribution in [3.63, 3.8) is 0 Å². The van der Waals surface area contributed by atoms with Gasteiger partial charge in [0.05, 0.1) is 0 Å². The van der Waals surface area contributed by atoms with E-state index >= 15 is 0 Å². The van der Waals surface area contributed by atoms with E-state index in [1.54, 1.807) is 6.07 Å². The summed E-state index contributed by atoms with van der Waals surface area (Å²) in [5, 5.41) is 2.02. The number of benzene rings is 1. The summed E-state index contributed by atoms with van der Waals surface area (Å²) in [6.07, 6.45) is -3.03. The third kappa shape index (κ3) is 6.47. The van der Waals surface area contributed by atoms with Gasteiger partial charge in [-0.25, -0.2) is 0 Å². The topological polar surface area (TPSA) is 9.23 Å². The van der Waals surface area contributed by atoms with Crippen LogP contribution in [0.4, 0.5) is 13.2 Å². The normalized spacial score (nSPS) is 12.7. The van der Waals surface area contributed by atoms with E-state index in [2.05, 4.69) is 36.6 Å². The van der Waals surface area contributed by atoms with Gasteiger partial charge in [0.15, 0.2) is 0 Å². The standard InChI is InChI=1S/C14H16Br2ClF3O/c15-8-13(9-16,11-3-1-4-12(17)7-11)5-2-6-21-10-14(18,19)20/h1,3-4,7H,2,5-6,8-10H2. The molecule has 120 valence electrons. The predicted molar refractivity (Wildman–Crippen MR) is 86.8 cm³/mol. The molecule has 0 radical (unpaired) electrons. The molecule has 21 heavy (non-hydrogen) atoms. The molecule has 0 amide bonds. The number of halogens is 6. The zero-order valence-electron chi connectivity index (χ0n) is 11.2. The molecule has 1 aromatic carbocycles. The fraction of sp³-hybridized carbons (Fsp3) is 0.571. The van der Waals surface area contributed by atoms with Gasteiger partial charge < -0.3 is 4.74 Å². The Morgan fingerprint density at radius 3 is 2.33 bits per heavy atom. The Labute approximate surface area is 144 Å². The van der Waals surface area contributed by atoms with Gasteiger partial charge in [-0.3, -0.25) is 0 Å². The van der Waals surface area contributed by atoms with Crippen LogP contribution in [0.25, 0.3) is 0 Å². The lowest BCUT2D eigenvalue weighted by atomic mass is 9.80. The van der Waals surface area contributed by atoms with Crippen molar-refractivity contribution >= 4 is 43.5 Å². The molecular formula is C14H16Br2ClF3O. The van der Waals surface area contributed by atoms with Gasteiger partial charge in [-0.15, -0.1) is 0 Å². The van der Waals surface area contributed by atoms with Crippen LogP contribution >= 0.6 is 43.5 Å². The van der Waals surface area contributed by atoms with Crippen LogP contribution in [-0.4, -0.2) is 30.1 Å². The van der Waals surface area contributed by atoms with Gasteiger partial charge in [-0.05, 0) is 30.5 Å². The van der Waals surface area contributed by atoms with E-state index in [0.717, 1.165) is 5.56 Å². The van der Waals surface area contributed by atoms with Gasteiger partial charge in [0.25, 0.3) is 0 Å². The fourth-order valence-corrected chi connectivity index (χ4v) is 4.31. The average molecular weight is 453 g/mol. The monoisotopic (exact) mass is 450 g/mol. The van der Waals surface area contributed by atoms with Crippen molar-refractivity contribution < 1.29 is 17.9 Å². The maximum atomic E-state index is 12.0. The summed E-state index contributed by atoms with van der Waals surface area (Å²) in [7, 11) is 0. The molecule has 1 nitrogen and oxygen atoms in total. The lowest BCUT2D eigenvalue weighted by Crippen LogP contribution is -2.31. The number of ether oxygens (including phenoxy) is 1. The molecule has 7 heteroatoms. The van der Waals surface area contributed by atoms with E-state index < -0.39 is 12.8 Å². The molecule has 0 aromatic heterocycles. The average Bonchev–Trinajstić information content (AvgIpc) is 2.42. The van der Waals surface area contributed by atoms with Gasteiger partial charge in [0.2, 0.25) is 0 Å². The Morgan fingerprint density at radius 2 is 1.81 bits per heavy atom. The second kappa shape index (κ2) is 8.75. The van der Waals surface area contributed by atoms with E-state index in [-0.39, 0.29) is 12.0 Å². The molecule has 0 bridgehead atoms. The van der Waals surface area contributed by atoms with Crippen LogP contribution in [0.2, 0.25) is 5.02 Å². The van der Waals surface area contributed by atoms with Gasteiger partial charge in [-0.1, -0.05) is 55.6 Å². The first-order valence-corrected chi connectivity index (χ1v) is 8.97. The number of hydrogen-bond donors (Lipinski definition) is 0. The number of hydrogen-bond acceptors (Lipinski definition) is 1. The third-order valence-electron chi connectivity index (χ3n) is 3.16. The van der Waals surface area contributed by atoms with Gasteiger partial charge in [0, 0.05) is 27.7 Å². The van der Waals surface area contributed by atoms with Gasteiger partial charge in [-0.2, -0.15) is 13.2 Å². The van der Waals surface area contributed by atoms with Crippen LogP contribution in [-0.2, 0) is 10.2 Å². The first-order valence-electron chi connectivity index (χ1n) is 6.35. The molecule has 1 aromatic rings. The van der Waals surface area contributed by atoms with E-state index in [9.17, 15) is 13.2 Å². The van der Waals surface area contributed by atoms with Crippen LogP contribution in [0.5, 0.6) is 0 Å². The lowest BCUT2D eigenvalue weighted by molar-refractivity contribution is -0.174. The van der Waals surface area contributed by atoms with Crippen molar-refractivity contribution in [2.75, 3.05) is 23.9 Å². The molecule has 0 unspecified atom stereocenters. The summed E-state index contributed by atoms with van der Waals surface area (Å²) in [5.41, 5.74) is 0.839. The van der Waals surface area contributed by atoms with Crippen LogP contribution in [0.15, 0.2) is 24.3 Å². The SMILES string of the molecule is FC(F)(F)COCCCC(CBr)(CBr)c1cccc(Cl)c1. The van der Waals surface area contributed by atoms with Crippen molar-refractivity contribution in [2.45, 2.75) is 24.4 Å². The van der Waals surface area contributed by atoms with Crippen molar-refractivity contribution in [3.8, 4) is 0 Å². The smallest absolute Gasteiger partial charge is 0.372 e. The molecule has 0 fully saturated rings. The summed E-state index contributed by atoms with van der Waals surface area (Å²) >= 11 is 13.0. The maximum Gasteiger partial charge on any atom is 0.411 e. The molecule has 0 saturated carbocycles. The quantitative estimate of drug-likeness (QED) is 0.362. The number of alkyl halides is 5. The van der Waals surface area contributed by atoms with E-state index in [1.165, 1.54) is 0 Å². The molecule has 0 aliphatic rings. The fourth-order valence-electron chi connectivity index (χ4n) is 1.99. The highest BCUT2D eigenvalue weighted by atomic mass is 79.9. The zero-order chi connectivity index (χ0) is 15.9.